The van der Waals surface area contributed by atoms with Crippen molar-refractivity contribution in [1.82, 2.24) is 14.8 Å². The van der Waals surface area contributed by atoms with Crippen LogP contribution in [0.4, 0.5) is 5.95 Å². The number of aromatic nitrogens is 3. The summed E-state index contributed by atoms with van der Waals surface area (Å²) >= 11 is 1.56. The minimum absolute atomic E-state index is 0.421. The van der Waals surface area contributed by atoms with Crippen molar-refractivity contribution < 1.29 is 14.2 Å². The molecule has 0 aromatic carbocycles. The van der Waals surface area contributed by atoms with Crippen LogP contribution in [0.3, 0.4) is 0 Å². The molecule has 0 atom stereocenters. The third kappa shape index (κ3) is 5.67. The van der Waals surface area contributed by atoms with Gasteiger partial charge >= 0.3 is 0 Å². The van der Waals surface area contributed by atoms with Crippen molar-refractivity contribution in [1.29, 1.82) is 0 Å². The van der Waals surface area contributed by atoms with Crippen LogP contribution in [-0.2, 0) is 21.3 Å². The molecule has 1 aromatic rings. The summed E-state index contributed by atoms with van der Waals surface area (Å²) in [6, 6.07) is 0. The summed E-state index contributed by atoms with van der Waals surface area (Å²) in [7, 11) is 3.48. The van der Waals surface area contributed by atoms with E-state index in [1.807, 2.05) is 7.05 Å². The van der Waals surface area contributed by atoms with Gasteiger partial charge in [-0.3, -0.25) is 4.57 Å². The molecule has 2 N–H and O–H groups in total. The summed E-state index contributed by atoms with van der Waals surface area (Å²) in [5.41, 5.74) is 5.57. The fourth-order valence-corrected chi connectivity index (χ4v) is 1.88. The van der Waals surface area contributed by atoms with Gasteiger partial charge in [0.25, 0.3) is 0 Å². The maximum Gasteiger partial charge on any atom is 0.222 e. The van der Waals surface area contributed by atoms with Crippen LogP contribution in [0.15, 0.2) is 5.16 Å². The Morgan fingerprint density at radius 2 is 1.78 bits per heavy atom. The minimum atomic E-state index is 0.421. The standard InChI is InChI=1S/C10H20N4O3S/c1-14-9(11)12-13-10(14)18-8-7-17-6-5-16-4-3-15-2/h3-8H2,1-2H3,(H2,11,12). The average Bonchev–Trinajstić information content (AvgIpc) is 2.68. The van der Waals surface area contributed by atoms with Gasteiger partial charge in [-0.25, -0.2) is 0 Å². The van der Waals surface area contributed by atoms with Gasteiger partial charge in [-0.1, -0.05) is 11.8 Å². The van der Waals surface area contributed by atoms with E-state index in [0.717, 1.165) is 10.9 Å². The Morgan fingerprint density at radius 3 is 2.39 bits per heavy atom. The van der Waals surface area contributed by atoms with Gasteiger partial charge in [0, 0.05) is 19.9 Å². The molecule has 1 heterocycles. The maximum atomic E-state index is 5.57. The normalized spacial score (nSPS) is 11.0. The molecular weight excluding hydrogens is 256 g/mol. The van der Waals surface area contributed by atoms with Crippen LogP contribution >= 0.6 is 11.8 Å². The van der Waals surface area contributed by atoms with E-state index >= 15 is 0 Å². The molecule has 0 unspecified atom stereocenters. The highest BCUT2D eigenvalue weighted by Crippen LogP contribution is 2.15. The van der Waals surface area contributed by atoms with Crippen LogP contribution in [-0.4, -0.2) is 60.7 Å². The van der Waals surface area contributed by atoms with Crippen molar-refractivity contribution in [3.63, 3.8) is 0 Å². The molecule has 0 spiro atoms. The van der Waals surface area contributed by atoms with E-state index in [1.54, 1.807) is 23.4 Å². The fraction of sp³-hybridized carbons (Fsp3) is 0.800. The smallest absolute Gasteiger partial charge is 0.222 e. The van der Waals surface area contributed by atoms with Crippen LogP contribution in [0.2, 0.25) is 0 Å². The van der Waals surface area contributed by atoms with Gasteiger partial charge in [0.2, 0.25) is 5.95 Å². The van der Waals surface area contributed by atoms with Crippen LogP contribution in [0.25, 0.3) is 0 Å². The summed E-state index contributed by atoms with van der Waals surface area (Å²) in [6.45, 7) is 3.04. The summed E-state index contributed by atoms with van der Waals surface area (Å²) in [5, 5.41) is 8.51. The average molecular weight is 276 g/mol. The van der Waals surface area contributed by atoms with Gasteiger partial charge in [0.05, 0.1) is 33.0 Å². The minimum Gasteiger partial charge on any atom is -0.382 e. The number of anilines is 1. The quantitative estimate of drug-likeness (QED) is 0.481. The largest absolute Gasteiger partial charge is 0.382 e. The van der Waals surface area contributed by atoms with Crippen LogP contribution in [0.1, 0.15) is 0 Å². The third-order valence-electron chi connectivity index (χ3n) is 2.13. The van der Waals surface area contributed by atoms with Crippen molar-refractivity contribution in [2.24, 2.45) is 7.05 Å². The number of ether oxygens (including phenoxy) is 3. The molecule has 1 rings (SSSR count). The van der Waals surface area contributed by atoms with Gasteiger partial charge in [-0.15, -0.1) is 10.2 Å². The zero-order chi connectivity index (χ0) is 13.2. The Bertz CT molecular complexity index is 335. The Kier molecular flexibility index (Phi) is 7.74. The molecule has 0 saturated carbocycles. The van der Waals surface area contributed by atoms with E-state index in [2.05, 4.69) is 10.2 Å². The van der Waals surface area contributed by atoms with E-state index < -0.39 is 0 Å². The van der Waals surface area contributed by atoms with E-state index in [4.69, 9.17) is 19.9 Å². The highest BCUT2D eigenvalue weighted by atomic mass is 32.2. The second kappa shape index (κ2) is 9.15. The first kappa shape index (κ1) is 15.2. The Morgan fingerprint density at radius 1 is 1.11 bits per heavy atom. The first-order valence-electron chi connectivity index (χ1n) is 5.67. The molecule has 0 saturated heterocycles. The maximum absolute atomic E-state index is 5.57. The highest BCUT2D eigenvalue weighted by molar-refractivity contribution is 7.99. The van der Waals surface area contributed by atoms with Crippen LogP contribution < -0.4 is 5.73 Å². The second-order valence-electron chi connectivity index (χ2n) is 3.47. The molecule has 104 valence electrons. The van der Waals surface area contributed by atoms with Gasteiger partial charge in [-0.05, 0) is 0 Å². The predicted molar refractivity (Wildman–Crippen MR) is 69.7 cm³/mol. The number of nitrogens with two attached hydrogens (primary N) is 1. The summed E-state index contributed by atoms with van der Waals surface area (Å²) in [4.78, 5) is 0. The second-order valence-corrected chi connectivity index (χ2v) is 4.53. The summed E-state index contributed by atoms with van der Waals surface area (Å²) in [5.74, 6) is 1.23. The monoisotopic (exact) mass is 276 g/mol. The van der Waals surface area contributed by atoms with E-state index in [9.17, 15) is 0 Å². The fourth-order valence-electron chi connectivity index (χ4n) is 1.11. The molecule has 7 nitrogen and oxygen atoms in total. The molecule has 1 aromatic heterocycles. The number of hydrogen-bond donors (Lipinski definition) is 1. The zero-order valence-corrected chi connectivity index (χ0v) is 11.6. The first-order valence-corrected chi connectivity index (χ1v) is 6.66. The predicted octanol–water partition coefficient (Wildman–Crippen LogP) is 0.169. The number of methoxy groups -OCH3 is 1. The SMILES string of the molecule is COCCOCCOCCSc1nnc(N)n1C. The molecule has 18 heavy (non-hydrogen) atoms. The molecule has 0 amide bonds. The van der Waals surface area contributed by atoms with Crippen LogP contribution in [0, 0.1) is 0 Å². The van der Waals surface area contributed by atoms with Crippen molar-refractivity contribution in [3.05, 3.63) is 0 Å². The van der Waals surface area contributed by atoms with Gasteiger partial charge in [0.15, 0.2) is 5.16 Å². The van der Waals surface area contributed by atoms with Crippen LogP contribution in [0.5, 0.6) is 0 Å². The Hall–Kier alpha value is -0.830. The highest BCUT2D eigenvalue weighted by Gasteiger charge is 2.05. The van der Waals surface area contributed by atoms with E-state index in [-0.39, 0.29) is 0 Å². The van der Waals surface area contributed by atoms with E-state index in [0.29, 0.717) is 39.0 Å². The first-order chi connectivity index (χ1) is 8.75. The number of thioether (sulfide) groups is 1. The van der Waals surface area contributed by atoms with Crippen molar-refractivity contribution in [3.8, 4) is 0 Å². The molecule has 0 aliphatic rings. The lowest BCUT2D eigenvalue weighted by Crippen LogP contribution is -2.09. The van der Waals surface area contributed by atoms with Gasteiger partial charge in [0.1, 0.15) is 0 Å². The lowest BCUT2D eigenvalue weighted by molar-refractivity contribution is 0.0286. The molecule has 0 fully saturated rings. The Labute approximate surface area is 111 Å². The number of nitrogens with zero attached hydrogens (tertiary/aromatic N) is 3. The summed E-state index contributed by atoms with van der Waals surface area (Å²) < 4.78 is 17.3. The molecule has 0 radical (unpaired) electrons. The Balaban J connectivity index is 1.94. The van der Waals surface area contributed by atoms with Gasteiger partial charge in [-0.2, -0.15) is 0 Å². The summed E-state index contributed by atoms with van der Waals surface area (Å²) in [6.07, 6.45) is 0. The third-order valence-corrected chi connectivity index (χ3v) is 3.12. The molecular formula is C10H20N4O3S. The number of hydrogen-bond acceptors (Lipinski definition) is 7. The molecule has 0 bridgehead atoms. The lowest BCUT2D eigenvalue weighted by atomic mass is 10.7. The zero-order valence-electron chi connectivity index (χ0n) is 10.8. The van der Waals surface area contributed by atoms with Gasteiger partial charge < -0.3 is 19.9 Å². The molecule has 0 aliphatic heterocycles. The van der Waals surface area contributed by atoms with Crippen molar-refractivity contribution >= 4 is 17.7 Å². The van der Waals surface area contributed by atoms with Crippen molar-refractivity contribution in [2.45, 2.75) is 5.16 Å². The topological polar surface area (TPSA) is 84.4 Å². The number of nitrogen functional groups attached to an aromatic ring is 1. The molecule has 8 heteroatoms. The lowest BCUT2D eigenvalue weighted by Gasteiger charge is -2.05. The number of rotatable bonds is 10. The molecule has 0 aliphatic carbocycles. The van der Waals surface area contributed by atoms with E-state index in [1.165, 1.54) is 0 Å². The van der Waals surface area contributed by atoms with Crippen molar-refractivity contribution in [2.75, 3.05) is 51.6 Å².